The molecule has 5 heteroatoms. The molecule has 0 aliphatic carbocycles. The predicted molar refractivity (Wildman–Crippen MR) is 51.2 cm³/mol. The highest BCUT2D eigenvalue weighted by Crippen LogP contribution is 1.99. The maximum atomic E-state index is 10.5. The normalized spacial score (nSPS) is 12.0. The smallest absolute Gasteiger partial charge is 0.354 e. The van der Waals surface area contributed by atoms with Crippen molar-refractivity contribution in [3.8, 4) is 0 Å². The number of allylic oxidation sites excluding steroid dienone is 2. The summed E-state index contributed by atoms with van der Waals surface area (Å²) in [4.78, 5) is 24.3. The van der Waals surface area contributed by atoms with Crippen LogP contribution in [0, 0.1) is 0 Å². The van der Waals surface area contributed by atoms with Gasteiger partial charge in [-0.25, -0.2) is 14.6 Å². The zero-order valence-electron chi connectivity index (χ0n) is 7.30. The van der Waals surface area contributed by atoms with Crippen molar-refractivity contribution in [3.05, 3.63) is 37.1 Å². The molecular formula is C9H9NO4. The lowest BCUT2D eigenvalue weighted by atomic mass is 10.3. The molecule has 0 aromatic rings. The number of rotatable bonds is 5. The van der Waals surface area contributed by atoms with E-state index in [1.54, 1.807) is 0 Å². The third-order valence-electron chi connectivity index (χ3n) is 1.15. The van der Waals surface area contributed by atoms with Crippen LogP contribution in [0.5, 0.6) is 0 Å². The van der Waals surface area contributed by atoms with Gasteiger partial charge in [0, 0.05) is 0 Å². The van der Waals surface area contributed by atoms with E-state index in [-0.39, 0.29) is 0 Å². The van der Waals surface area contributed by atoms with Crippen LogP contribution in [0.2, 0.25) is 0 Å². The van der Waals surface area contributed by atoms with Crippen LogP contribution in [0.25, 0.3) is 0 Å². The predicted octanol–water partition coefficient (Wildman–Crippen LogP) is 0.853. The maximum absolute atomic E-state index is 10.5. The van der Waals surface area contributed by atoms with Gasteiger partial charge in [0.15, 0.2) is 0 Å². The summed E-state index contributed by atoms with van der Waals surface area (Å²) < 4.78 is 0. The Balaban J connectivity index is 5.16. The SMILES string of the molecule is C=C/C=C(\N=C(/C=C)C(=O)O)C(=O)O. The quantitative estimate of drug-likeness (QED) is 0.387. The fourth-order valence-corrected chi connectivity index (χ4v) is 0.579. The van der Waals surface area contributed by atoms with Gasteiger partial charge in [-0.15, -0.1) is 0 Å². The minimum Gasteiger partial charge on any atom is -0.477 e. The van der Waals surface area contributed by atoms with Gasteiger partial charge in [-0.05, 0) is 12.2 Å². The van der Waals surface area contributed by atoms with Crippen LogP contribution in [-0.2, 0) is 9.59 Å². The monoisotopic (exact) mass is 195 g/mol. The average Bonchev–Trinajstić information content (AvgIpc) is 2.11. The second-order valence-corrected chi connectivity index (χ2v) is 2.10. The van der Waals surface area contributed by atoms with Crippen molar-refractivity contribution >= 4 is 17.7 Å². The highest BCUT2D eigenvalue weighted by molar-refractivity contribution is 6.40. The van der Waals surface area contributed by atoms with Crippen molar-refractivity contribution in [2.75, 3.05) is 0 Å². The van der Waals surface area contributed by atoms with E-state index >= 15 is 0 Å². The maximum Gasteiger partial charge on any atom is 0.354 e. The number of hydrogen-bond acceptors (Lipinski definition) is 3. The van der Waals surface area contributed by atoms with Gasteiger partial charge in [-0.3, -0.25) is 0 Å². The molecule has 74 valence electrons. The van der Waals surface area contributed by atoms with Crippen molar-refractivity contribution in [2.24, 2.45) is 4.99 Å². The van der Waals surface area contributed by atoms with Gasteiger partial charge in [0.25, 0.3) is 0 Å². The van der Waals surface area contributed by atoms with Crippen molar-refractivity contribution in [3.63, 3.8) is 0 Å². The van der Waals surface area contributed by atoms with E-state index in [0.717, 1.165) is 12.2 Å². The van der Waals surface area contributed by atoms with E-state index in [1.165, 1.54) is 6.08 Å². The van der Waals surface area contributed by atoms with Crippen molar-refractivity contribution < 1.29 is 19.8 Å². The highest BCUT2D eigenvalue weighted by atomic mass is 16.4. The Morgan fingerprint density at radius 3 is 2.00 bits per heavy atom. The molecule has 0 fully saturated rings. The molecule has 2 N–H and O–H groups in total. The number of nitrogens with zero attached hydrogens (tertiary/aromatic N) is 1. The molecule has 0 rings (SSSR count). The van der Waals surface area contributed by atoms with Crippen LogP contribution >= 0.6 is 0 Å². The summed E-state index contributed by atoms with van der Waals surface area (Å²) in [5.74, 6) is -2.67. The Hall–Kier alpha value is -2.17. The number of aliphatic carboxylic acids is 2. The van der Waals surface area contributed by atoms with Crippen LogP contribution in [0.3, 0.4) is 0 Å². The van der Waals surface area contributed by atoms with Crippen LogP contribution in [0.1, 0.15) is 0 Å². The Labute approximate surface area is 80.4 Å². The first kappa shape index (κ1) is 11.8. The lowest BCUT2D eigenvalue weighted by molar-refractivity contribution is -0.132. The summed E-state index contributed by atoms with van der Waals surface area (Å²) in [5, 5.41) is 17.1. The number of carbonyl (C=O) groups is 2. The van der Waals surface area contributed by atoms with E-state index in [4.69, 9.17) is 10.2 Å². The number of carboxylic acids is 2. The number of hydrogen-bond donors (Lipinski definition) is 2. The molecule has 0 aliphatic heterocycles. The van der Waals surface area contributed by atoms with E-state index in [9.17, 15) is 9.59 Å². The van der Waals surface area contributed by atoms with Crippen LogP contribution in [0.15, 0.2) is 42.1 Å². The molecule has 0 unspecified atom stereocenters. The molecule has 0 radical (unpaired) electrons. The van der Waals surface area contributed by atoms with E-state index in [2.05, 4.69) is 18.2 Å². The first-order valence-electron chi connectivity index (χ1n) is 3.53. The molecule has 0 atom stereocenters. The highest BCUT2D eigenvalue weighted by Gasteiger charge is 2.09. The summed E-state index contributed by atoms with van der Waals surface area (Å²) in [6.45, 7) is 6.48. The largest absolute Gasteiger partial charge is 0.477 e. The second-order valence-electron chi connectivity index (χ2n) is 2.10. The third-order valence-corrected chi connectivity index (χ3v) is 1.15. The zero-order valence-corrected chi connectivity index (χ0v) is 7.30. The van der Waals surface area contributed by atoms with Crippen molar-refractivity contribution in [1.82, 2.24) is 0 Å². The Kier molecular flexibility index (Phi) is 4.62. The van der Waals surface area contributed by atoms with Gasteiger partial charge in [-0.1, -0.05) is 19.2 Å². The minimum atomic E-state index is -1.34. The van der Waals surface area contributed by atoms with Gasteiger partial charge >= 0.3 is 11.9 Å². The molecule has 0 saturated carbocycles. The third kappa shape index (κ3) is 3.48. The summed E-state index contributed by atoms with van der Waals surface area (Å²) in [5.41, 5.74) is -0.835. The molecule has 0 aromatic heterocycles. The standard InChI is InChI=1S/C9H9NO4/c1-3-5-7(9(13)14)10-6(4-2)8(11)12/h3-5H,1-2H2,(H,11,12)(H,13,14)/b7-5-,10-6+. The van der Waals surface area contributed by atoms with Gasteiger partial charge in [-0.2, -0.15) is 0 Å². The minimum absolute atomic E-state index is 0.405. The fourth-order valence-electron chi connectivity index (χ4n) is 0.579. The zero-order chi connectivity index (χ0) is 11.1. The first-order valence-corrected chi connectivity index (χ1v) is 3.53. The van der Waals surface area contributed by atoms with Gasteiger partial charge in [0.2, 0.25) is 0 Å². The molecule has 0 aromatic carbocycles. The van der Waals surface area contributed by atoms with E-state index < -0.39 is 23.3 Å². The molecular weight excluding hydrogens is 186 g/mol. The fraction of sp³-hybridized carbons (Fsp3) is 0. The molecule has 0 bridgehead atoms. The number of aliphatic imine (C=N–C) groups is 1. The van der Waals surface area contributed by atoms with E-state index in [0.29, 0.717) is 0 Å². The van der Waals surface area contributed by atoms with Gasteiger partial charge in [0.05, 0.1) is 0 Å². The summed E-state index contributed by atoms with van der Waals surface area (Å²) in [6.07, 6.45) is 3.26. The molecule has 0 spiro atoms. The molecule has 0 aliphatic rings. The second kappa shape index (κ2) is 5.47. The van der Waals surface area contributed by atoms with Crippen LogP contribution in [-0.4, -0.2) is 27.9 Å². The lowest BCUT2D eigenvalue weighted by Gasteiger charge is -1.95. The molecule has 0 saturated heterocycles. The topological polar surface area (TPSA) is 87.0 Å². The Morgan fingerprint density at radius 2 is 1.71 bits per heavy atom. The Morgan fingerprint density at radius 1 is 1.14 bits per heavy atom. The number of carboxylic acid groups (broad SMARTS) is 2. The molecule has 0 amide bonds. The average molecular weight is 195 g/mol. The van der Waals surface area contributed by atoms with Gasteiger partial charge in [0.1, 0.15) is 11.4 Å². The van der Waals surface area contributed by atoms with Gasteiger partial charge < -0.3 is 10.2 Å². The summed E-state index contributed by atoms with van der Waals surface area (Å²) >= 11 is 0. The van der Waals surface area contributed by atoms with Crippen molar-refractivity contribution in [2.45, 2.75) is 0 Å². The van der Waals surface area contributed by atoms with Crippen molar-refractivity contribution in [1.29, 1.82) is 0 Å². The first-order chi connectivity index (χ1) is 6.52. The summed E-state index contributed by atoms with van der Waals surface area (Å²) in [7, 11) is 0. The molecule has 5 nitrogen and oxygen atoms in total. The summed E-state index contributed by atoms with van der Waals surface area (Å²) in [6, 6.07) is 0. The van der Waals surface area contributed by atoms with Crippen LogP contribution in [0.4, 0.5) is 0 Å². The Bertz CT molecular complexity index is 339. The lowest BCUT2D eigenvalue weighted by Crippen LogP contribution is -2.11. The van der Waals surface area contributed by atoms with Crippen LogP contribution < -0.4 is 0 Å². The molecule has 14 heavy (non-hydrogen) atoms. The molecule has 0 heterocycles. The van der Waals surface area contributed by atoms with E-state index in [1.807, 2.05) is 0 Å².